The van der Waals surface area contributed by atoms with Gasteiger partial charge in [-0.15, -0.1) is 0 Å². The number of amides is 1. The normalized spacial score (nSPS) is 14.9. The average Bonchev–Trinajstić information content (AvgIpc) is 2.89. The molecule has 3 N–H and O–H groups in total. The summed E-state index contributed by atoms with van der Waals surface area (Å²) in [7, 11) is 0. The molecule has 0 aliphatic carbocycles. The predicted octanol–water partition coefficient (Wildman–Crippen LogP) is 3.14. The van der Waals surface area contributed by atoms with Gasteiger partial charge in [0.1, 0.15) is 11.6 Å². The van der Waals surface area contributed by atoms with Gasteiger partial charge < -0.3 is 25.4 Å². The van der Waals surface area contributed by atoms with Crippen LogP contribution in [0.3, 0.4) is 0 Å². The number of hydrogen-bond donors (Lipinski definition) is 3. The van der Waals surface area contributed by atoms with Crippen LogP contribution < -0.4 is 20.3 Å². The van der Waals surface area contributed by atoms with E-state index in [0.717, 1.165) is 43.3 Å². The summed E-state index contributed by atoms with van der Waals surface area (Å²) in [6.07, 6.45) is 0.979. The van der Waals surface area contributed by atoms with Crippen molar-refractivity contribution >= 4 is 23.1 Å². The second-order valence-electron chi connectivity index (χ2n) is 8.44. The Morgan fingerprint density at radius 3 is 2.54 bits per heavy atom. The van der Waals surface area contributed by atoms with Crippen molar-refractivity contribution in [3.63, 3.8) is 0 Å². The maximum absolute atomic E-state index is 12.8. The molecule has 1 amide bonds. The number of aliphatic hydroxyl groups is 1. The number of β-amino-alcohol motifs (C(OH)–C–C–N with tert-alkyl or cyclic N) is 1. The topological polar surface area (TPSA) is 90.0 Å². The predicted molar refractivity (Wildman–Crippen MR) is 139 cm³/mol. The molecule has 35 heavy (non-hydrogen) atoms. The third-order valence-corrected chi connectivity index (χ3v) is 5.93. The third kappa shape index (κ3) is 6.71. The van der Waals surface area contributed by atoms with Crippen LogP contribution in [-0.2, 0) is 0 Å². The van der Waals surface area contributed by atoms with Crippen molar-refractivity contribution in [3.05, 3.63) is 78.5 Å². The number of aliphatic hydroxyl groups excluding tert-OH is 1. The highest BCUT2D eigenvalue weighted by molar-refractivity contribution is 5.99. The van der Waals surface area contributed by atoms with E-state index in [1.54, 1.807) is 18.3 Å². The Morgan fingerprint density at radius 2 is 1.77 bits per heavy atom. The molecule has 0 saturated carbocycles. The molecular formula is C27H33N5O3. The molecule has 1 aliphatic rings. The fourth-order valence-electron chi connectivity index (χ4n) is 4.18. The summed E-state index contributed by atoms with van der Waals surface area (Å²) >= 11 is 0. The lowest BCUT2D eigenvalue weighted by Crippen LogP contribution is -2.50. The van der Waals surface area contributed by atoms with Crippen molar-refractivity contribution in [1.29, 1.82) is 0 Å². The number of piperazine rings is 1. The van der Waals surface area contributed by atoms with E-state index in [1.165, 1.54) is 0 Å². The smallest absolute Gasteiger partial charge is 0.255 e. The first-order valence-corrected chi connectivity index (χ1v) is 12.1. The molecule has 2 heterocycles. The summed E-state index contributed by atoms with van der Waals surface area (Å²) in [6, 6.07) is 21.1. The summed E-state index contributed by atoms with van der Waals surface area (Å²) in [5, 5.41) is 16.6. The molecule has 184 valence electrons. The Morgan fingerprint density at radius 1 is 1.03 bits per heavy atom. The fourth-order valence-corrected chi connectivity index (χ4v) is 4.18. The van der Waals surface area contributed by atoms with Gasteiger partial charge in [0.15, 0.2) is 0 Å². The molecular weight excluding hydrogens is 442 g/mol. The highest BCUT2D eigenvalue weighted by atomic mass is 16.5. The molecule has 3 aromatic rings. The Kier molecular flexibility index (Phi) is 8.53. The molecule has 1 atom stereocenters. The van der Waals surface area contributed by atoms with Crippen LogP contribution in [0.5, 0.6) is 5.75 Å². The van der Waals surface area contributed by atoms with Gasteiger partial charge in [0.05, 0.1) is 24.0 Å². The number of pyridine rings is 1. The summed E-state index contributed by atoms with van der Waals surface area (Å²) in [5.74, 6) is 1.12. The Labute approximate surface area is 206 Å². The first kappa shape index (κ1) is 24.5. The van der Waals surface area contributed by atoms with E-state index in [-0.39, 0.29) is 12.5 Å². The largest absolute Gasteiger partial charge is 0.492 e. The molecule has 1 saturated heterocycles. The minimum Gasteiger partial charge on any atom is -0.492 e. The van der Waals surface area contributed by atoms with Crippen LogP contribution in [0.15, 0.2) is 72.9 Å². The number of anilines is 3. The van der Waals surface area contributed by atoms with E-state index >= 15 is 0 Å². The minimum absolute atomic E-state index is 0.173. The van der Waals surface area contributed by atoms with Crippen LogP contribution >= 0.6 is 0 Å². The Hall–Kier alpha value is -3.62. The molecule has 1 unspecified atom stereocenters. The number of carbonyl (C=O) groups excluding carboxylic acids is 1. The molecule has 1 aromatic heterocycles. The lowest BCUT2D eigenvalue weighted by Gasteiger charge is -2.37. The lowest BCUT2D eigenvalue weighted by molar-refractivity contribution is 0.0852. The minimum atomic E-state index is -0.664. The SMILES string of the molecule is CCOc1ccccc1N1CCN(CC(O)CNC(=O)c2cccnc2Nc2ccccc2)CC1. The first-order chi connectivity index (χ1) is 17.1. The zero-order valence-electron chi connectivity index (χ0n) is 20.1. The van der Waals surface area contributed by atoms with Crippen molar-refractivity contribution in [1.82, 2.24) is 15.2 Å². The van der Waals surface area contributed by atoms with Gasteiger partial charge in [-0.25, -0.2) is 4.98 Å². The summed E-state index contributed by atoms with van der Waals surface area (Å²) < 4.78 is 5.77. The second kappa shape index (κ2) is 12.2. The summed E-state index contributed by atoms with van der Waals surface area (Å²) in [6.45, 7) is 6.68. The van der Waals surface area contributed by atoms with E-state index < -0.39 is 6.10 Å². The Bertz CT molecular complexity index is 1090. The van der Waals surface area contributed by atoms with Crippen molar-refractivity contribution in [2.24, 2.45) is 0 Å². The monoisotopic (exact) mass is 475 g/mol. The zero-order valence-corrected chi connectivity index (χ0v) is 20.1. The number of hydrogen-bond acceptors (Lipinski definition) is 7. The van der Waals surface area contributed by atoms with Crippen molar-refractivity contribution in [2.75, 3.05) is 56.1 Å². The van der Waals surface area contributed by atoms with Gasteiger partial charge in [-0.2, -0.15) is 0 Å². The highest BCUT2D eigenvalue weighted by Crippen LogP contribution is 2.28. The van der Waals surface area contributed by atoms with Crippen molar-refractivity contribution in [2.45, 2.75) is 13.0 Å². The number of carbonyl (C=O) groups is 1. The number of ether oxygens (including phenoxy) is 1. The van der Waals surface area contributed by atoms with Crippen LogP contribution in [0.25, 0.3) is 0 Å². The molecule has 1 fully saturated rings. The molecule has 0 bridgehead atoms. The number of para-hydroxylation sites is 3. The Balaban J connectivity index is 1.25. The van der Waals surface area contributed by atoms with Crippen molar-refractivity contribution in [3.8, 4) is 5.75 Å². The van der Waals surface area contributed by atoms with Gasteiger partial charge >= 0.3 is 0 Å². The zero-order chi connectivity index (χ0) is 24.5. The average molecular weight is 476 g/mol. The molecule has 2 aromatic carbocycles. The summed E-state index contributed by atoms with van der Waals surface area (Å²) in [4.78, 5) is 21.7. The number of nitrogens with zero attached hydrogens (tertiary/aromatic N) is 3. The quantitative estimate of drug-likeness (QED) is 0.415. The van der Waals surface area contributed by atoms with E-state index in [2.05, 4.69) is 31.5 Å². The lowest BCUT2D eigenvalue weighted by atomic mass is 10.2. The van der Waals surface area contributed by atoms with Gasteiger partial charge in [0.25, 0.3) is 5.91 Å². The maximum atomic E-state index is 12.8. The van der Waals surface area contributed by atoms with Gasteiger partial charge in [-0.05, 0) is 43.3 Å². The number of nitrogens with one attached hydrogen (secondary N) is 2. The van der Waals surface area contributed by atoms with Crippen LogP contribution in [0.2, 0.25) is 0 Å². The van der Waals surface area contributed by atoms with Crippen LogP contribution in [-0.4, -0.2) is 72.9 Å². The van der Waals surface area contributed by atoms with Crippen LogP contribution in [0, 0.1) is 0 Å². The molecule has 1 aliphatic heterocycles. The summed E-state index contributed by atoms with van der Waals surface area (Å²) in [5.41, 5.74) is 2.40. The highest BCUT2D eigenvalue weighted by Gasteiger charge is 2.22. The van der Waals surface area contributed by atoms with E-state index in [4.69, 9.17) is 4.74 Å². The fraction of sp³-hybridized carbons (Fsp3) is 0.333. The first-order valence-electron chi connectivity index (χ1n) is 12.1. The molecule has 4 rings (SSSR count). The second-order valence-corrected chi connectivity index (χ2v) is 8.44. The van der Waals surface area contributed by atoms with Gasteiger partial charge in [0, 0.05) is 51.2 Å². The maximum Gasteiger partial charge on any atom is 0.255 e. The molecule has 8 heteroatoms. The van der Waals surface area contributed by atoms with E-state index in [9.17, 15) is 9.90 Å². The molecule has 8 nitrogen and oxygen atoms in total. The number of benzene rings is 2. The van der Waals surface area contributed by atoms with Crippen LogP contribution in [0.4, 0.5) is 17.2 Å². The standard InChI is InChI=1S/C27H33N5O3/c1-2-35-25-13-7-6-12-24(25)32-17-15-31(16-18-32)20-22(33)19-29-27(34)23-11-8-14-28-26(23)30-21-9-4-3-5-10-21/h3-14,22,33H,2,15-20H2,1H3,(H,28,30)(H,29,34). The van der Waals surface area contributed by atoms with Crippen LogP contribution in [0.1, 0.15) is 17.3 Å². The molecule has 0 spiro atoms. The third-order valence-electron chi connectivity index (χ3n) is 5.93. The van der Waals surface area contributed by atoms with Gasteiger partial charge in [0.2, 0.25) is 0 Å². The van der Waals surface area contributed by atoms with Gasteiger partial charge in [-0.3, -0.25) is 9.69 Å². The molecule has 0 radical (unpaired) electrons. The van der Waals surface area contributed by atoms with Crippen molar-refractivity contribution < 1.29 is 14.6 Å². The van der Waals surface area contributed by atoms with E-state index in [1.807, 2.05) is 55.5 Å². The number of aromatic nitrogens is 1. The van der Waals surface area contributed by atoms with Gasteiger partial charge in [-0.1, -0.05) is 30.3 Å². The number of rotatable bonds is 10. The van der Waals surface area contributed by atoms with E-state index in [0.29, 0.717) is 24.5 Å².